The Kier molecular flexibility index (Phi) is 5.29. The first-order valence-corrected chi connectivity index (χ1v) is 6.01. The molecule has 108 valence electrons. The predicted octanol–water partition coefficient (Wildman–Crippen LogP) is 4.27. The number of hydrogen-bond acceptors (Lipinski definition) is 1. The van der Waals surface area contributed by atoms with Crippen LogP contribution in [0.1, 0.15) is 36.9 Å². The lowest BCUT2D eigenvalue weighted by molar-refractivity contribution is -0.136. The van der Waals surface area contributed by atoms with Crippen LogP contribution in [0.25, 0.3) is 0 Å². The van der Waals surface area contributed by atoms with Gasteiger partial charge in [0.2, 0.25) is 0 Å². The van der Waals surface area contributed by atoms with E-state index in [1.54, 1.807) is 6.92 Å². The third-order valence-electron chi connectivity index (χ3n) is 2.85. The number of halogens is 5. The summed E-state index contributed by atoms with van der Waals surface area (Å²) in [6.07, 6.45) is -5.68. The molecule has 0 heterocycles. The van der Waals surface area contributed by atoms with Crippen LogP contribution < -0.4 is 5.32 Å². The van der Waals surface area contributed by atoms with Gasteiger partial charge in [-0.25, -0.2) is 8.78 Å². The van der Waals surface area contributed by atoms with Gasteiger partial charge in [0.15, 0.2) is 11.6 Å². The molecule has 0 spiro atoms. The first-order chi connectivity index (χ1) is 8.76. The number of rotatable bonds is 5. The van der Waals surface area contributed by atoms with Crippen LogP contribution in [0.4, 0.5) is 22.0 Å². The maximum Gasteiger partial charge on any atom is 0.389 e. The Hall–Kier alpha value is -1.17. The molecular weight excluding hydrogens is 265 g/mol. The topological polar surface area (TPSA) is 12.0 Å². The number of aryl methyl sites for hydroxylation is 1. The van der Waals surface area contributed by atoms with E-state index in [0.717, 1.165) is 0 Å². The molecule has 0 aliphatic rings. The summed E-state index contributed by atoms with van der Waals surface area (Å²) < 4.78 is 63.9. The molecule has 0 radical (unpaired) electrons. The zero-order valence-corrected chi connectivity index (χ0v) is 10.7. The molecule has 0 bridgehead atoms. The second-order valence-electron chi connectivity index (χ2n) is 4.36. The summed E-state index contributed by atoms with van der Waals surface area (Å²) >= 11 is 0. The Labute approximate surface area is 108 Å². The highest BCUT2D eigenvalue weighted by atomic mass is 19.4. The zero-order valence-electron chi connectivity index (χ0n) is 10.7. The van der Waals surface area contributed by atoms with Crippen molar-refractivity contribution in [3.63, 3.8) is 0 Å². The van der Waals surface area contributed by atoms with Crippen molar-refractivity contribution in [3.8, 4) is 0 Å². The Morgan fingerprint density at radius 2 is 1.79 bits per heavy atom. The minimum Gasteiger partial charge on any atom is -0.310 e. The molecule has 1 nitrogen and oxygen atoms in total. The van der Waals surface area contributed by atoms with Crippen molar-refractivity contribution in [3.05, 3.63) is 34.9 Å². The smallest absolute Gasteiger partial charge is 0.310 e. The average Bonchev–Trinajstić information content (AvgIpc) is 2.31. The molecule has 19 heavy (non-hydrogen) atoms. The van der Waals surface area contributed by atoms with Crippen molar-refractivity contribution in [2.24, 2.45) is 0 Å². The Morgan fingerprint density at radius 1 is 1.16 bits per heavy atom. The Bertz CT molecular complexity index is 428. The summed E-state index contributed by atoms with van der Waals surface area (Å²) in [4.78, 5) is 0. The van der Waals surface area contributed by atoms with Crippen molar-refractivity contribution in [2.45, 2.75) is 38.9 Å². The minimum absolute atomic E-state index is 0.0609. The number of benzene rings is 1. The van der Waals surface area contributed by atoms with Gasteiger partial charge in [-0.3, -0.25) is 0 Å². The van der Waals surface area contributed by atoms with E-state index in [1.807, 2.05) is 0 Å². The molecule has 1 unspecified atom stereocenters. The van der Waals surface area contributed by atoms with Crippen molar-refractivity contribution in [1.82, 2.24) is 5.32 Å². The highest BCUT2D eigenvalue weighted by Crippen LogP contribution is 2.30. The summed E-state index contributed by atoms with van der Waals surface area (Å²) in [7, 11) is 0. The van der Waals surface area contributed by atoms with Crippen molar-refractivity contribution < 1.29 is 22.0 Å². The molecule has 1 N–H and O–H groups in total. The fourth-order valence-corrected chi connectivity index (χ4v) is 1.85. The molecule has 0 amide bonds. The minimum atomic E-state index is -4.31. The van der Waals surface area contributed by atoms with Gasteiger partial charge in [0.05, 0.1) is 0 Å². The Morgan fingerprint density at radius 3 is 2.32 bits per heavy atom. The van der Waals surface area contributed by atoms with Crippen molar-refractivity contribution >= 4 is 0 Å². The molecule has 0 saturated heterocycles. The van der Waals surface area contributed by atoms with Crippen LogP contribution in [0.3, 0.4) is 0 Å². The molecule has 6 heteroatoms. The van der Waals surface area contributed by atoms with Gasteiger partial charge < -0.3 is 5.32 Å². The molecule has 0 aliphatic heterocycles. The molecule has 0 saturated carbocycles. The van der Waals surface area contributed by atoms with Crippen LogP contribution in [0.5, 0.6) is 0 Å². The summed E-state index contributed by atoms with van der Waals surface area (Å²) in [6.45, 7) is 3.47. The fourth-order valence-electron chi connectivity index (χ4n) is 1.85. The third-order valence-corrected chi connectivity index (χ3v) is 2.85. The van der Waals surface area contributed by atoms with Crippen LogP contribution in [0.15, 0.2) is 12.1 Å². The monoisotopic (exact) mass is 281 g/mol. The lowest BCUT2D eigenvalue weighted by Gasteiger charge is -2.20. The number of hydrogen-bond donors (Lipinski definition) is 1. The van der Waals surface area contributed by atoms with E-state index in [1.165, 1.54) is 19.1 Å². The average molecular weight is 281 g/mol. The highest BCUT2D eigenvalue weighted by molar-refractivity contribution is 5.27. The summed E-state index contributed by atoms with van der Waals surface area (Å²) in [5.41, 5.74) is 0.0709. The molecule has 1 rings (SSSR count). The molecular formula is C13H16F5N. The Balaban J connectivity index is 2.96. The first kappa shape index (κ1) is 15.9. The quantitative estimate of drug-likeness (QED) is 0.795. The largest absolute Gasteiger partial charge is 0.389 e. The maximum atomic E-state index is 13.8. The third kappa shape index (κ3) is 4.45. The second kappa shape index (κ2) is 6.32. The number of alkyl halides is 3. The lowest BCUT2D eigenvalue weighted by Crippen LogP contribution is -2.24. The molecule has 1 atom stereocenters. The first-order valence-electron chi connectivity index (χ1n) is 6.01. The molecule has 0 aromatic heterocycles. The maximum absolute atomic E-state index is 13.8. The lowest BCUT2D eigenvalue weighted by atomic mass is 9.99. The van der Waals surface area contributed by atoms with Gasteiger partial charge in [0.1, 0.15) is 0 Å². The zero-order chi connectivity index (χ0) is 14.6. The molecule has 1 aromatic rings. The predicted molar refractivity (Wildman–Crippen MR) is 62.8 cm³/mol. The SMILES string of the molecule is CCNC(CCC(F)(F)F)c1ccc(C)c(F)c1F. The van der Waals surface area contributed by atoms with Gasteiger partial charge in [0, 0.05) is 18.0 Å². The van der Waals surface area contributed by atoms with E-state index in [-0.39, 0.29) is 17.5 Å². The van der Waals surface area contributed by atoms with Gasteiger partial charge >= 0.3 is 6.18 Å². The van der Waals surface area contributed by atoms with Gasteiger partial charge in [-0.05, 0) is 25.5 Å². The van der Waals surface area contributed by atoms with E-state index in [9.17, 15) is 22.0 Å². The number of nitrogens with one attached hydrogen (secondary N) is 1. The van der Waals surface area contributed by atoms with E-state index >= 15 is 0 Å². The van der Waals surface area contributed by atoms with Crippen LogP contribution in [-0.4, -0.2) is 12.7 Å². The van der Waals surface area contributed by atoms with Gasteiger partial charge in [-0.2, -0.15) is 13.2 Å². The van der Waals surface area contributed by atoms with E-state index in [0.29, 0.717) is 6.54 Å². The van der Waals surface area contributed by atoms with Gasteiger partial charge in [-0.15, -0.1) is 0 Å². The van der Waals surface area contributed by atoms with E-state index in [4.69, 9.17) is 0 Å². The molecule has 0 aliphatic carbocycles. The van der Waals surface area contributed by atoms with Gasteiger partial charge in [0.25, 0.3) is 0 Å². The van der Waals surface area contributed by atoms with Crippen LogP contribution in [0.2, 0.25) is 0 Å². The standard InChI is InChI=1S/C13H16F5N/c1-3-19-10(6-7-13(16,17)18)9-5-4-8(2)11(14)12(9)15/h4-5,10,19H,3,6-7H2,1-2H3. The van der Waals surface area contributed by atoms with Crippen LogP contribution in [0, 0.1) is 18.6 Å². The van der Waals surface area contributed by atoms with Crippen LogP contribution >= 0.6 is 0 Å². The summed E-state index contributed by atoms with van der Waals surface area (Å²) in [6, 6.07) is 1.85. The normalized spacial score (nSPS) is 13.6. The van der Waals surface area contributed by atoms with Gasteiger partial charge in [-0.1, -0.05) is 19.1 Å². The second-order valence-corrected chi connectivity index (χ2v) is 4.36. The fraction of sp³-hybridized carbons (Fsp3) is 0.538. The van der Waals surface area contributed by atoms with Crippen molar-refractivity contribution in [2.75, 3.05) is 6.54 Å². The highest BCUT2D eigenvalue weighted by Gasteiger charge is 2.29. The molecule has 0 fully saturated rings. The van der Waals surface area contributed by atoms with Crippen LogP contribution in [-0.2, 0) is 0 Å². The molecule has 1 aromatic carbocycles. The summed E-state index contributed by atoms with van der Waals surface area (Å²) in [5, 5.41) is 2.75. The van der Waals surface area contributed by atoms with Crippen molar-refractivity contribution in [1.29, 1.82) is 0 Å². The summed E-state index contributed by atoms with van der Waals surface area (Å²) in [5.74, 6) is -2.08. The van der Waals surface area contributed by atoms with E-state index < -0.39 is 30.3 Å². The van der Waals surface area contributed by atoms with E-state index in [2.05, 4.69) is 5.32 Å².